The highest BCUT2D eigenvalue weighted by Gasteiger charge is 2.30. The van der Waals surface area contributed by atoms with Crippen molar-refractivity contribution >= 4 is 5.97 Å². The third-order valence-electron chi connectivity index (χ3n) is 4.23. The molecule has 0 amide bonds. The molecule has 3 rings (SSSR count). The van der Waals surface area contributed by atoms with E-state index < -0.39 is 0 Å². The summed E-state index contributed by atoms with van der Waals surface area (Å²) >= 11 is 0. The fourth-order valence-electron chi connectivity index (χ4n) is 3.17. The van der Waals surface area contributed by atoms with E-state index >= 15 is 0 Å². The zero-order chi connectivity index (χ0) is 15.7. The van der Waals surface area contributed by atoms with Crippen molar-refractivity contribution in [1.29, 1.82) is 0 Å². The maximum absolute atomic E-state index is 12.3. The lowest BCUT2D eigenvalue weighted by molar-refractivity contribution is -0.149. The summed E-state index contributed by atoms with van der Waals surface area (Å²) < 4.78 is 7.70. The van der Waals surface area contributed by atoms with Crippen molar-refractivity contribution in [2.75, 3.05) is 0 Å². The number of benzene rings is 1. The van der Waals surface area contributed by atoms with Gasteiger partial charge in [-0.2, -0.15) is 0 Å². The molecule has 2 aromatic rings. The van der Waals surface area contributed by atoms with E-state index in [9.17, 15) is 4.79 Å². The number of aryl methyl sites for hydroxylation is 1. The molecule has 0 aliphatic carbocycles. The van der Waals surface area contributed by atoms with E-state index in [4.69, 9.17) is 4.74 Å². The lowest BCUT2D eigenvalue weighted by Gasteiger charge is -2.25. The number of carbonyl (C=O) groups is 1. The second kappa shape index (κ2) is 5.99. The molecule has 1 aromatic heterocycles. The number of nitrogens with zero attached hydrogens (tertiary/aromatic N) is 1. The highest BCUT2D eigenvalue weighted by Crippen LogP contribution is 2.34. The van der Waals surface area contributed by atoms with Crippen molar-refractivity contribution in [3.05, 3.63) is 47.7 Å². The molecule has 0 saturated carbocycles. The second-order valence-corrected chi connectivity index (χ2v) is 6.34. The Morgan fingerprint density at radius 2 is 1.91 bits per heavy atom. The third-order valence-corrected chi connectivity index (χ3v) is 4.23. The van der Waals surface area contributed by atoms with E-state index in [0.717, 1.165) is 25.1 Å². The number of ether oxygens (including phenoxy) is 1. The van der Waals surface area contributed by atoms with Crippen LogP contribution in [0.3, 0.4) is 0 Å². The molecule has 1 aliphatic heterocycles. The highest BCUT2D eigenvalue weighted by atomic mass is 16.5. The topological polar surface area (TPSA) is 31.2 Å². The third kappa shape index (κ3) is 2.80. The predicted octanol–water partition coefficient (Wildman–Crippen LogP) is 4.29. The Kier molecular flexibility index (Phi) is 4.06. The number of fused-ring (bicyclic) bond motifs is 1. The zero-order valence-electron chi connectivity index (χ0n) is 13.5. The van der Waals surface area contributed by atoms with Crippen LogP contribution in [-0.4, -0.2) is 16.6 Å². The molecule has 0 spiro atoms. The normalized spacial score (nSPS) is 17.4. The number of hydrogen-bond acceptors (Lipinski definition) is 2. The van der Waals surface area contributed by atoms with Gasteiger partial charge < -0.3 is 9.30 Å². The van der Waals surface area contributed by atoms with Gasteiger partial charge in [-0.3, -0.25) is 4.79 Å². The summed E-state index contributed by atoms with van der Waals surface area (Å²) in [6.45, 7) is 6.86. The lowest BCUT2D eigenvalue weighted by atomic mass is 9.96. The van der Waals surface area contributed by atoms with E-state index in [2.05, 4.69) is 47.9 Å². The summed E-state index contributed by atoms with van der Waals surface area (Å²) in [5.74, 6) is -0.222. The summed E-state index contributed by atoms with van der Waals surface area (Å²) in [5.41, 5.74) is 4.74. The molecule has 0 bridgehead atoms. The van der Waals surface area contributed by atoms with Crippen molar-refractivity contribution in [1.82, 2.24) is 4.57 Å². The number of rotatable bonds is 3. The first kappa shape index (κ1) is 14.9. The molecular weight excluding hydrogens is 274 g/mol. The zero-order valence-corrected chi connectivity index (χ0v) is 13.5. The number of hydrogen-bond donors (Lipinski definition) is 0. The number of carbonyl (C=O) groups excluding carboxylic acids is 1. The molecule has 0 radical (unpaired) electrons. The molecule has 1 atom stereocenters. The van der Waals surface area contributed by atoms with E-state index in [1.165, 1.54) is 16.8 Å². The monoisotopic (exact) mass is 297 g/mol. The maximum atomic E-state index is 12.3. The van der Waals surface area contributed by atoms with E-state index in [1.807, 2.05) is 13.8 Å². The van der Waals surface area contributed by atoms with Crippen LogP contribution in [0.2, 0.25) is 0 Å². The summed E-state index contributed by atoms with van der Waals surface area (Å²) in [6, 6.07) is 12.8. The molecule has 0 saturated heterocycles. The first-order valence-electron chi connectivity index (χ1n) is 8.03. The highest BCUT2D eigenvalue weighted by molar-refractivity contribution is 5.79. The Balaban J connectivity index is 1.93. The van der Waals surface area contributed by atoms with Crippen molar-refractivity contribution in [3.63, 3.8) is 0 Å². The van der Waals surface area contributed by atoms with Gasteiger partial charge in [-0.1, -0.05) is 29.8 Å². The average molecular weight is 297 g/mol. The van der Waals surface area contributed by atoms with Gasteiger partial charge >= 0.3 is 5.97 Å². The summed E-state index contributed by atoms with van der Waals surface area (Å²) in [7, 11) is 0. The molecule has 3 nitrogen and oxygen atoms in total. The number of esters is 1. The van der Waals surface area contributed by atoms with Crippen molar-refractivity contribution in [2.24, 2.45) is 0 Å². The van der Waals surface area contributed by atoms with Crippen LogP contribution >= 0.6 is 0 Å². The summed E-state index contributed by atoms with van der Waals surface area (Å²) in [5, 5.41) is 0. The molecule has 22 heavy (non-hydrogen) atoms. The van der Waals surface area contributed by atoms with Crippen molar-refractivity contribution in [3.8, 4) is 11.3 Å². The first-order valence-corrected chi connectivity index (χ1v) is 8.03. The van der Waals surface area contributed by atoms with Gasteiger partial charge in [0.15, 0.2) is 0 Å². The van der Waals surface area contributed by atoms with E-state index in [-0.39, 0.29) is 18.0 Å². The van der Waals surface area contributed by atoms with Crippen LogP contribution in [0.4, 0.5) is 0 Å². The number of aromatic nitrogens is 1. The molecule has 0 N–H and O–H groups in total. The van der Waals surface area contributed by atoms with Crippen LogP contribution in [0.5, 0.6) is 0 Å². The second-order valence-electron chi connectivity index (χ2n) is 6.34. The minimum absolute atomic E-state index is 0.0607. The van der Waals surface area contributed by atoms with Gasteiger partial charge in [0.25, 0.3) is 0 Å². The molecule has 1 unspecified atom stereocenters. The SMILES string of the molecule is Cc1ccc(-c2ccc3n2CCCC3C(=O)OC(C)C)cc1. The van der Waals surface area contributed by atoms with Gasteiger partial charge in [-0.05, 0) is 51.3 Å². The van der Waals surface area contributed by atoms with Crippen LogP contribution in [0, 0.1) is 6.92 Å². The fourth-order valence-corrected chi connectivity index (χ4v) is 3.17. The quantitative estimate of drug-likeness (QED) is 0.791. The predicted molar refractivity (Wildman–Crippen MR) is 87.8 cm³/mol. The van der Waals surface area contributed by atoms with Crippen molar-refractivity contribution < 1.29 is 9.53 Å². The van der Waals surface area contributed by atoms with Crippen LogP contribution in [0.1, 0.15) is 43.9 Å². The van der Waals surface area contributed by atoms with Crippen molar-refractivity contribution in [2.45, 2.75) is 52.2 Å². The molecule has 1 aliphatic rings. The maximum Gasteiger partial charge on any atom is 0.315 e. The van der Waals surface area contributed by atoms with Crippen LogP contribution in [-0.2, 0) is 16.1 Å². The molecule has 0 fully saturated rings. The minimum atomic E-state index is -0.129. The van der Waals surface area contributed by atoms with Gasteiger partial charge in [0.05, 0.1) is 12.0 Å². The Morgan fingerprint density at radius 3 is 2.59 bits per heavy atom. The summed E-state index contributed by atoms with van der Waals surface area (Å²) in [4.78, 5) is 12.3. The van der Waals surface area contributed by atoms with E-state index in [0.29, 0.717) is 0 Å². The van der Waals surface area contributed by atoms with E-state index in [1.54, 1.807) is 0 Å². The molecular formula is C19H23NO2. The average Bonchev–Trinajstić information content (AvgIpc) is 2.91. The van der Waals surface area contributed by atoms with Gasteiger partial charge in [-0.15, -0.1) is 0 Å². The first-order chi connectivity index (χ1) is 10.6. The summed E-state index contributed by atoms with van der Waals surface area (Å²) in [6.07, 6.45) is 1.83. The fraction of sp³-hybridized carbons (Fsp3) is 0.421. The Hall–Kier alpha value is -2.03. The minimum Gasteiger partial charge on any atom is -0.462 e. The standard InChI is InChI=1S/C19H23NO2/c1-13(2)22-19(21)16-5-4-12-20-17(10-11-18(16)20)15-8-6-14(3)7-9-15/h6-11,13,16H,4-5,12H2,1-3H3. The van der Waals surface area contributed by atoms with Crippen LogP contribution < -0.4 is 0 Å². The Morgan fingerprint density at radius 1 is 1.18 bits per heavy atom. The van der Waals surface area contributed by atoms with Gasteiger partial charge in [0.2, 0.25) is 0 Å². The molecule has 2 heterocycles. The van der Waals surface area contributed by atoms with Gasteiger partial charge in [0, 0.05) is 17.9 Å². The largest absolute Gasteiger partial charge is 0.462 e. The molecule has 1 aromatic carbocycles. The Bertz CT molecular complexity index is 667. The Labute approximate surface area is 131 Å². The lowest BCUT2D eigenvalue weighted by Crippen LogP contribution is -2.25. The van der Waals surface area contributed by atoms with Crippen LogP contribution in [0.25, 0.3) is 11.3 Å². The van der Waals surface area contributed by atoms with Gasteiger partial charge in [0.1, 0.15) is 0 Å². The van der Waals surface area contributed by atoms with Crippen LogP contribution in [0.15, 0.2) is 36.4 Å². The molecule has 116 valence electrons. The van der Waals surface area contributed by atoms with Gasteiger partial charge in [-0.25, -0.2) is 0 Å². The smallest absolute Gasteiger partial charge is 0.315 e. The molecule has 3 heteroatoms.